The van der Waals surface area contributed by atoms with Crippen LogP contribution in [0, 0.1) is 0 Å². The lowest BCUT2D eigenvalue weighted by atomic mass is 9.80. The molecule has 0 radical (unpaired) electrons. The summed E-state index contributed by atoms with van der Waals surface area (Å²) in [5, 5.41) is 0. The maximum Gasteiger partial charge on any atom is 0.254 e. The molecule has 0 saturated heterocycles. The predicted octanol–water partition coefficient (Wildman–Crippen LogP) is 2.61. The molecule has 1 aromatic rings. The van der Waals surface area contributed by atoms with Crippen molar-refractivity contribution in [3.8, 4) is 0 Å². The molecular formula is C14H19NO. The number of fused-ring (bicyclic) bond motifs is 1. The molecule has 16 heavy (non-hydrogen) atoms. The average molecular weight is 217 g/mol. The zero-order valence-electron chi connectivity index (χ0n) is 10.5. The van der Waals surface area contributed by atoms with E-state index in [9.17, 15) is 4.79 Å². The minimum atomic E-state index is 0.0270. The van der Waals surface area contributed by atoms with E-state index in [1.54, 1.807) is 0 Å². The lowest BCUT2D eigenvalue weighted by Crippen LogP contribution is -2.36. The summed E-state index contributed by atoms with van der Waals surface area (Å²) in [5.41, 5.74) is 3.33. The molecule has 1 aliphatic heterocycles. The highest BCUT2D eigenvalue weighted by atomic mass is 16.2. The van der Waals surface area contributed by atoms with Gasteiger partial charge in [-0.2, -0.15) is 0 Å². The fraction of sp³-hybridized carbons (Fsp3) is 0.500. The molecule has 86 valence electrons. The van der Waals surface area contributed by atoms with Gasteiger partial charge in [-0.25, -0.2) is 0 Å². The molecule has 0 fully saturated rings. The van der Waals surface area contributed by atoms with Crippen LogP contribution < -0.4 is 0 Å². The smallest absolute Gasteiger partial charge is 0.254 e. The standard InChI is InChI=1S/C14H19NO/c1-14(2,3)11-7-5-6-10-8-9-15(4)13(16)12(10)11/h5-7H,8-9H2,1-4H3. The van der Waals surface area contributed by atoms with Crippen LogP contribution in [-0.2, 0) is 11.8 Å². The molecule has 0 aliphatic carbocycles. The van der Waals surface area contributed by atoms with Crippen LogP contribution in [0.1, 0.15) is 42.3 Å². The van der Waals surface area contributed by atoms with Crippen molar-refractivity contribution in [2.24, 2.45) is 0 Å². The quantitative estimate of drug-likeness (QED) is 0.654. The Kier molecular flexibility index (Phi) is 2.53. The first-order valence-electron chi connectivity index (χ1n) is 5.79. The van der Waals surface area contributed by atoms with Gasteiger partial charge < -0.3 is 4.90 Å². The molecule has 0 unspecified atom stereocenters. The van der Waals surface area contributed by atoms with Gasteiger partial charge in [-0.3, -0.25) is 4.79 Å². The zero-order valence-corrected chi connectivity index (χ0v) is 10.5. The van der Waals surface area contributed by atoms with Crippen LogP contribution in [0.3, 0.4) is 0 Å². The molecule has 1 heterocycles. The Morgan fingerprint density at radius 1 is 1.25 bits per heavy atom. The second kappa shape index (κ2) is 3.62. The predicted molar refractivity (Wildman–Crippen MR) is 65.8 cm³/mol. The second-order valence-electron chi connectivity index (χ2n) is 5.57. The number of carbonyl (C=O) groups is 1. The van der Waals surface area contributed by atoms with Crippen LogP contribution in [0.4, 0.5) is 0 Å². The number of rotatable bonds is 0. The summed E-state index contributed by atoms with van der Waals surface area (Å²) < 4.78 is 0. The molecule has 1 amide bonds. The first kappa shape index (κ1) is 11.2. The van der Waals surface area contributed by atoms with E-state index < -0.39 is 0 Å². The summed E-state index contributed by atoms with van der Waals surface area (Å²) in [5.74, 6) is 0.173. The van der Waals surface area contributed by atoms with E-state index in [-0.39, 0.29) is 11.3 Å². The van der Waals surface area contributed by atoms with Crippen LogP contribution in [0.25, 0.3) is 0 Å². The highest BCUT2D eigenvalue weighted by molar-refractivity contribution is 5.98. The molecule has 0 spiro atoms. The fourth-order valence-electron chi connectivity index (χ4n) is 2.27. The molecule has 2 heteroatoms. The Morgan fingerprint density at radius 2 is 1.94 bits per heavy atom. The average Bonchev–Trinajstić information content (AvgIpc) is 2.21. The Labute approximate surface area is 97.3 Å². The van der Waals surface area contributed by atoms with Crippen molar-refractivity contribution in [2.45, 2.75) is 32.6 Å². The molecule has 0 atom stereocenters. The number of hydrogen-bond donors (Lipinski definition) is 0. The maximum absolute atomic E-state index is 12.2. The first-order valence-corrected chi connectivity index (χ1v) is 5.79. The fourth-order valence-corrected chi connectivity index (χ4v) is 2.27. The third-order valence-electron chi connectivity index (χ3n) is 3.24. The molecule has 1 aromatic carbocycles. The lowest BCUT2D eigenvalue weighted by Gasteiger charge is -2.30. The molecule has 1 aliphatic rings. The molecule has 2 nitrogen and oxygen atoms in total. The normalized spacial score (nSPS) is 16.2. The van der Waals surface area contributed by atoms with Crippen LogP contribution in [0.5, 0.6) is 0 Å². The van der Waals surface area contributed by atoms with Crippen molar-refractivity contribution >= 4 is 5.91 Å². The van der Waals surface area contributed by atoms with Crippen molar-refractivity contribution in [3.05, 3.63) is 34.9 Å². The van der Waals surface area contributed by atoms with Crippen LogP contribution in [-0.4, -0.2) is 24.4 Å². The van der Waals surface area contributed by atoms with Gasteiger partial charge in [0.05, 0.1) is 0 Å². The van der Waals surface area contributed by atoms with Crippen LogP contribution in [0.15, 0.2) is 18.2 Å². The van der Waals surface area contributed by atoms with E-state index in [0.717, 1.165) is 18.5 Å². The summed E-state index contributed by atoms with van der Waals surface area (Å²) in [6, 6.07) is 6.23. The molecule has 0 bridgehead atoms. The number of benzene rings is 1. The Balaban J connectivity index is 2.62. The largest absolute Gasteiger partial charge is 0.341 e. The number of carbonyl (C=O) groups excluding carboxylic acids is 1. The van der Waals surface area contributed by atoms with Crippen molar-refractivity contribution < 1.29 is 4.79 Å². The Bertz CT molecular complexity index is 429. The lowest BCUT2D eigenvalue weighted by molar-refractivity contribution is 0.0778. The van der Waals surface area contributed by atoms with E-state index in [1.807, 2.05) is 11.9 Å². The SMILES string of the molecule is CN1CCc2cccc(C(C)(C)C)c2C1=O. The van der Waals surface area contributed by atoms with Gasteiger partial charge in [-0.15, -0.1) is 0 Å². The summed E-state index contributed by atoms with van der Waals surface area (Å²) in [6.07, 6.45) is 0.974. The minimum absolute atomic E-state index is 0.0270. The third kappa shape index (κ3) is 1.73. The van der Waals surface area contributed by atoms with Crippen LogP contribution >= 0.6 is 0 Å². The summed E-state index contributed by atoms with van der Waals surface area (Å²) in [4.78, 5) is 14.0. The minimum Gasteiger partial charge on any atom is -0.341 e. The molecule has 0 saturated carbocycles. The summed E-state index contributed by atoms with van der Waals surface area (Å²) in [7, 11) is 1.88. The van der Waals surface area contributed by atoms with Gasteiger partial charge in [0.15, 0.2) is 0 Å². The van der Waals surface area contributed by atoms with E-state index in [1.165, 1.54) is 11.1 Å². The summed E-state index contributed by atoms with van der Waals surface area (Å²) in [6.45, 7) is 7.30. The van der Waals surface area contributed by atoms with E-state index in [2.05, 4.69) is 39.0 Å². The number of likely N-dealkylation sites (N-methyl/N-ethyl adjacent to an activating group) is 1. The third-order valence-corrected chi connectivity index (χ3v) is 3.24. The highest BCUT2D eigenvalue weighted by Crippen LogP contribution is 2.30. The first-order chi connectivity index (χ1) is 7.41. The Hall–Kier alpha value is -1.31. The van der Waals surface area contributed by atoms with Crippen molar-refractivity contribution in [1.82, 2.24) is 4.90 Å². The van der Waals surface area contributed by atoms with E-state index in [4.69, 9.17) is 0 Å². The summed E-state index contributed by atoms with van der Waals surface area (Å²) >= 11 is 0. The molecule has 2 rings (SSSR count). The van der Waals surface area contributed by atoms with Gasteiger partial charge in [-0.1, -0.05) is 39.0 Å². The van der Waals surface area contributed by atoms with Crippen LogP contribution in [0.2, 0.25) is 0 Å². The second-order valence-corrected chi connectivity index (χ2v) is 5.57. The molecule has 0 N–H and O–H groups in total. The van der Waals surface area contributed by atoms with E-state index in [0.29, 0.717) is 0 Å². The number of amides is 1. The van der Waals surface area contributed by atoms with Gasteiger partial charge in [0, 0.05) is 19.2 Å². The van der Waals surface area contributed by atoms with Gasteiger partial charge in [0.25, 0.3) is 5.91 Å². The molecule has 0 aromatic heterocycles. The number of hydrogen-bond acceptors (Lipinski definition) is 1. The topological polar surface area (TPSA) is 20.3 Å². The van der Waals surface area contributed by atoms with E-state index >= 15 is 0 Å². The van der Waals surface area contributed by atoms with Gasteiger partial charge in [0.2, 0.25) is 0 Å². The van der Waals surface area contributed by atoms with Gasteiger partial charge >= 0.3 is 0 Å². The van der Waals surface area contributed by atoms with Gasteiger partial charge in [0.1, 0.15) is 0 Å². The zero-order chi connectivity index (χ0) is 11.9. The Morgan fingerprint density at radius 3 is 2.56 bits per heavy atom. The van der Waals surface area contributed by atoms with Crippen molar-refractivity contribution in [1.29, 1.82) is 0 Å². The van der Waals surface area contributed by atoms with Crippen molar-refractivity contribution in [3.63, 3.8) is 0 Å². The van der Waals surface area contributed by atoms with Crippen molar-refractivity contribution in [2.75, 3.05) is 13.6 Å². The number of nitrogens with zero attached hydrogens (tertiary/aromatic N) is 1. The monoisotopic (exact) mass is 217 g/mol. The molecular weight excluding hydrogens is 198 g/mol. The highest BCUT2D eigenvalue weighted by Gasteiger charge is 2.28. The maximum atomic E-state index is 12.2. The van der Waals surface area contributed by atoms with Gasteiger partial charge in [-0.05, 0) is 23.0 Å².